The molecule has 0 saturated heterocycles. The minimum Gasteiger partial charge on any atom is -0.494 e. The molecule has 0 bridgehead atoms. The SMILES string of the molecule is CCOc1ccc(OC(=O)COc2ccc(N)cc2)cc1. The van der Waals surface area contributed by atoms with Crippen LogP contribution in [0.4, 0.5) is 5.69 Å². The zero-order chi connectivity index (χ0) is 15.1. The minimum absolute atomic E-state index is 0.170. The van der Waals surface area contributed by atoms with E-state index in [1.807, 2.05) is 6.92 Å². The number of hydrogen-bond acceptors (Lipinski definition) is 5. The van der Waals surface area contributed by atoms with E-state index in [9.17, 15) is 4.79 Å². The molecular formula is C16H17NO4. The minimum atomic E-state index is -0.476. The van der Waals surface area contributed by atoms with Crippen molar-refractivity contribution < 1.29 is 19.0 Å². The van der Waals surface area contributed by atoms with Crippen molar-refractivity contribution in [3.05, 3.63) is 48.5 Å². The van der Waals surface area contributed by atoms with Crippen LogP contribution in [0.5, 0.6) is 17.2 Å². The van der Waals surface area contributed by atoms with Crippen LogP contribution < -0.4 is 19.9 Å². The van der Waals surface area contributed by atoms with Crippen molar-refractivity contribution in [2.45, 2.75) is 6.92 Å². The Labute approximate surface area is 123 Å². The number of nitrogens with two attached hydrogens (primary N) is 1. The van der Waals surface area contributed by atoms with E-state index in [-0.39, 0.29) is 6.61 Å². The van der Waals surface area contributed by atoms with Gasteiger partial charge in [0.05, 0.1) is 6.61 Å². The second kappa shape index (κ2) is 7.19. The normalized spacial score (nSPS) is 9.95. The van der Waals surface area contributed by atoms with Gasteiger partial charge in [-0.05, 0) is 55.5 Å². The highest BCUT2D eigenvalue weighted by Crippen LogP contribution is 2.18. The maximum absolute atomic E-state index is 11.7. The molecule has 0 heterocycles. The Morgan fingerprint density at radius 3 is 2.05 bits per heavy atom. The van der Waals surface area contributed by atoms with E-state index in [1.165, 1.54) is 0 Å². The van der Waals surface area contributed by atoms with Gasteiger partial charge in [-0.2, -0.15) is 0 Å². The van der Waals surface area contributed by atoms with Gasteiger partial charge in [0.1, 0.15) is 17.2 Å². The number of ether oxygens (including phenoxy) is 3. The van der Waals surface area contributed by atoms with E-state index in [2.05, 4.69) is 0 Å². The van der Waals surface area contributed by atoms with Crippen molar-refractivity contribution in [3.8, 4) is 17.2 Å². The zero-order valence-corrected chi connectivity index (χ0v) is 11.7. The summed E-state index contributed by atoms with van der Waals surface area (Å²) in [7, 11) is 0. The van der Waals surface area contributed by atoms with Crippen LogP contribution >= 0.6 is 0 Å². The molecule has 5 nitrogen and oxygen atoms in total. The number of hydrogen-bond donors (Lipinski definition) is 1. The van der Waals surface area contributed by atoms with Crippen LogP contribution in [0.3, 0.4) is 0 Å². The van der Waals surface area contributed by atoms with Crippen LogP contribution in [-0.2, 0) is 4.79 Å². The fourth-order valence-electron chi connectivity index (χ4n) is 1.64. The lowest BCUT2D eigenvalue weighted by Crippen LogP contribution is -2.17. The molecule has 0 fully saturated rings. The highest BCUT2D eigenvalue weighted by molar-refractivity contribution is 5.74. The van der Waals surface area contributed by atoms with Crippen LogP contribution in [0.25, 0.3) is 0 Å². The van der Waals surface area contributed by atoms with Gasteiger partial charge in [0.25, 0.3) is 0 Å². The van der Waals surface area contributed by atoms with E-state index in [1.54, 1.807) is 48.5 Å². The molecule has 0 unspecified atom stereocenters. The average molecular weight is 287 g/mol. The molecule has 21 heavy (non-hydrogen) atoms. The van der Waals surface area contributed by atoms with Crippen molar-refractivity contribution >= 4 is 11.7 Å². The Balaban J connectivity index is 1.82. The number of nitrogen functional groups attached to an aromatic ring is 1. The summed E-state index contributed by atoms with van der Waals surface area (Å²) in [6.07, 6.45) is 0. The molecule has 5 heteroatoms. The van der Waals surface area contributed by atoms with Crippen molar-refractivity contribution in [1.29, 1.82) is 0 Å². The third kappa shape index (κ3) is 4.72. The van der Waals surface area contributed by atoms with E-state index < -0.39 is 5.97 Å². The molecular weight excluding hydrogens is 270 g/mol. The lowest BCUT2D eigenvalue weighted by molar-refractivity contribution is -0.136. The fourth-order valence-corrected chi connectivity index (χ4v) is 1.64. The topological polar surface area (TPSA) is 70.8 Å². The third-order valence-electron chi connectivity index (χ3n) is 2.60. The Bertz CT molecular complexity index is 578. The quantitative estimate of drug-likeness (QED) is 0.502. The molecule has 0 aliphatic heterocycles. The predicted octanol–water partition coefficient (Wildman–Crippen LogP) is 2.65. The molecule has 2 N–H and O–H groups in total. The van der Waals surface area contributed by atoms with E-state index in [4.69, 9.17) is 19.9 Å². The number of carbonyl (C=O) groups is 1. The Hall–Kier alpha value is -2.69. The Kier molecular flexibility index (Phi) is 5.04. The van der Waals surface area contributed by atoms with E-state index in [0.717, 1.165) is 5.75 Å². The molecule has 0 aliphatic rings. The lowest BCUT2D eigenvalue weighted by atomic mass is 10.3. The van der Waals surface area contributed by atoms with Crippen molar-refractivity contribution in [2.75, 3.05) is 18.9 Å². The number of benzene rings is 2. The molecule has 2 aromatic rings. The zero-order valence-electron chi connectivity index (χ0n) is 11.7. The summed E-state index contributed by atoms with van der Waals surface area (Å²) in [5, 5.41) is 0. The van der Waals surface area contributed by atoms with Crippen molar-refractivity contribution in [3.63, 3.8) is 0 Å². The van der Waals surface area contributed by atoms with Crippen LogP contribution in [-0.4, -0.2) is 19.2 Å². The summed E-state index contributed by atoms with van der Waals surface area (Å²) >= 11 is 0. The largest absolute Gasteiger partial charge is 0.494 e. The van der Waals surface area contributed by atoms with Gasteiger partial charge >= 0.3 is 5.97 Å². The molecule has 0 aromatic heterocycles. The summed E-state index contributed by atoms with van der Waals surface area (Å²) in [5.41, 5.74) is 6.20. The van der Waals surface area contributed by atoms with Crippen LogP contribution in [0.15, 0.2) is 48.5 Å². The standard InChI is InChI=1S/C16H17NO4/c1-2-19-13-7-9-15(10-8-13)21-16(18)11-20-14-5-3-12(17)4-6-14/h3-10H,2,11,17H2,1H3. The Morgan fingerprint density at radius 1 is 0.905 bits per heavy atom. The molecule has 110 valence electrons. The molecule has 0 radical (unpaired) electrons. The summed E-state index contributed by atoms with van der Waals surface area (Å²) in [4.78, 5) is 11.7. The molecule has 0 aliphatic carbocycles. The Morgan fingerprint density at radius 2 is 1.43 bits per heavy atom. The van der Waals surface area contributed by atoms with Gasteiger partial charge in [-0.3, -0.25) is 0 Å². The number of esters is 1. The maximum Gasteiger partial charge on any atom is 0.349 e. The molecule has 0 saturated carbocycles. The van der Waals surface area contributed by atoms with Crippen LogP contribution in [0.1, 0.15) is 6.92 Å². The van der Waals surface area contributed by atoms with Gasteiger partial charge < -0.3 is 19.9 Å². The second-order valence-corrected chi connectivity index (χ2v) is 4.24. The summed E-state index contributed by atoms with van der Waals surface area (Å²) < 4.78 is 15.8. The van der Waals surface area contributed by atoms with Gasteiger partial charge in [0.15, 0.2) is 6.61 Å². The monoisotopic (exact) mass is 287 g/mol. The van der Waals surface area contributed by atoms with E-state index >= 15 is 0 Å². The smallest absolute Gasteiger partial charge is 0.349 e. The predicted molar refractivity (Wildman–Crippen MR) is 79.6 cm³/mol. The van der Waals surface area contributed by atoms with Gasteiger partial charge in [0.2, 0.25) is 0 Å². The van der Waals surface area contributed by atoms with Gasteiger partial charge in [0, 0.05) is 5.69 Å². The van der Waals surface area contributed by atoms with Crippen molar-refractivity contribution in [2.24, 2.45) is 0 Å². The van der Waals surface area contributed by atoms with Gasteiger partial charge in [-0.25, -0.2) is 4.79 Å². The first kappa shape index (κ1) is 14.7. The first-order valence-corrected chi connectivity index (χ1v) is 6.59. The van der Waals surface area contributed by atoms with Crippen LogP contribution in [0.2, 0.25) is 0 Å². The van der Waals surface area contributed by atoms with Gasteiger partial charge in [-0.15, -0.1) is 0 Å². The fraction of sp³-hybridized carbons (Fsp3) is 0.188. The highest BCUT2D eigenvalue weighted by Gasteiger charge is 2.06. The maximum atomic E-state index is 11.7. The number of carbonyl (C=O) groups excluding carboxylic acids is 1. The first-order chi connectivity index (χ1) is 10.2. The number of anilines is 1. The van der Waals surface area contributed by atoms with Crippen molar-refractivity contribution in [1.82, 2.24) is 0 Å². The third-order valence-corrected chi connectivity index (χ3v) is 2.60. The molecule has 0 amide bonds. The molecule has 0 atom stereocenters. The molecule has 2 aromatic carbocycles. The van der Waals surface area contributed by atoms with Crippen LogP contribution in [0, 0.1) is 0 Å². The molecule has 2 rings (SSSR count). The summed E-state index contributed by atoms with van der Waals surface area (Å²) in [6, 6.07) is 13.6. The highest BCUT2D eigenvalue weighted by atomic mass is 16.6. The molecule has 0 spiro atoms. The van der Waals surface area contributed by atoms with E-state index in [0.29, 0.717) is 23.8 Å². The number of rotatable bonds is 6. The summed E-state index contributed by atoms with van der Waals surface area (Å²) in [6.45, 7) is 2.33. The lowest BCUT2D eigenvalue weighted by Gasteiger charge is -2.08. The average Bonchev–Trinajstić information content (AvgIpc) is 2.49. The summed E-state index contributed by atoms with van der Waals surface area (Å²) in [5.74, 6) is 1.27. The van der Waals surface area contributed by atoms with Gasteiger partial charge in [-0.1, -0.05) is 0 Å². The first-order valence-electron chi connectivity index (χ1n) is 6.59. The second-order valence-electron chi connectivity index (χ2n) is 4.24.